The molecule has 25 heteroatoms. The van der Waals surface area contributed by atoms with Crippen LogP contribution in [0.1, 0.15) is 0 Å². The maximum atomic E-state index is 12.0. The van der Waals surface area contributed by atoms with Gasteiger partial charge in [-0.1, -0.05) is 0 Å². The fourth-order valence-electron chi connectivity index (χ4n) is 5.08. The number of phenolic OH excluding ortho intramolecular Hbond substituents is 2. The van der Waals surface area contributed by atoms with Gasteiger partial charge in [0.2, 0.25) is 0 Å². The molecular formula is C32H21N8Na3O11S3. The Labute approximate surface area is 390 Å². The number of rotatable bonds is 9. The molecule has 0 heterocycles. The van der Waals surface area contributed by atoms with E-state index in [0.717, 1.165) is 24.3 Å². The maximum absolute atomic E-state index is 12.0. The van der Waals surface area contributed by atoms with Crippen LogP contribution in [0.4, 0.5) is 45.5 Å². The van der Waals surface area contributed by atoms with Crippen LogP contribution in [0, 0.1) is 0 Å². The van der Waals surface area contributed by atoms with Crippen molar-refractivity contribution < 1.29 is 138 Å². The Kier molecular flexibility index (Phi) is 15.7. The second-order valence-corrected chi connectivity index (χ2v) is 15.3. The van der Waals surface area contributed by atoms with E-state index in [1.165, 1.54) is 66.7 Å². The first-order valence-electron chi connectivity index (χ1n) is 14.8. The van der Waals surface area contributed by atoms with Gasteiger partial charge >= 0.3 is 88.7 Å². The SMILES string of the molecule is Nc1ccc2c(O)c(N=Nc3ccc(N=Nc4ccc(N=Nc5c(S(=O)(=O)[O-])cc6cc(S(=O)(=O)[O-])cc(N)c6c5O)cc4)cc3)c(S(=O)(=O)[O-])cc2c1.[Na+].[Na+].[Na+]. The van der Waals surface area contributed by atoms with Crippen molar-refractivity contribution in [3.8, 4) is 11.5 Å². The molecule has 0 aliphatic carbocycles. The fraction of sp³-hybridized carbons (Fsp3) is 0. The van der Waals surface area contributed by atoms with E-state index in [4.69, 9.17) is 11.5 Å². The molecule has 6 rings (SSSR count). The average Bonchev–Trinajstić information content (AvgIpc) is 3.09. The number of nitrogens with zero attached hydrogens (tertiary/aromatic N) is 6. The topological polar surface area (TPSA) is 338 Å². The molecule has 0 bridgehead atoms. The summed E-state index contributed by atoms with van der Waals surface area (Å²) in [6.45, 7) is 0. The summed E-state index contributed by atoms with van der Waals surface area (Å²) >= 11 is 0. The summed E-state index contributed by atoms with van der Waals surface area (Å²) in [4.78, 5) is -2.64. The van der Waals surface area contributed by atoms with Gasteiger partial charge < -0.3 is 35.3 Å². The summed E-state index contributed by atoms with van der Waals surface area (Å²) in [6, 6.07) is 19.3. The summed E-state index contributed by atoms with van der Waals surface area (Å²) in [5.41, 5.74) is 11.1. The Morgan fingerprint density at radius 2 is 0.877 bits per heavy atom. The van der Waals surface area contributed by atoms with Crippen LogP contribution in [0.3, 0.4) is 0 Å². The molecule has 276 valence electrons. The average molecular weight is 859 g/mol. The molecule has 6 N–H and O–H groups in total. The van der Waals surface area contributed by atoms with Crippen LogP contribution in [-0.2, 0) is 30.4 Å². The van der Waals surface area contributed by atoms with Crippen molar-refractivity contribution in [1.29, 1.82) is 0 Å². The van der Waals surface area contributed by atoms with Crippen molar-refractivity contribution >= 4 is 97.4 Å². The van der Waals surface area contributed by atoms with E-state index in [1.807, 2.05) is 0 Å². The molecule has 0 aromatic heterocycles. The van der Waals surface area contributed by atoms with Crippen molar-refractivity contribution in [1.82, 2.24) is 0 Å². The molecule has 19 nitrogen and oxygen atoms in total. The minimum atomic E-state index is -5.31. The Balaban J connectivity index is 0.00000290. The number of nitrogen functional groups attached to an aromatic ring is 2. The summed E-state index contributed by atoms with van der Waals surface area (Å²) < 4.78 is 106. The molecule has 6 aromatic carbocycles. The molecule has 0 fully saturated rings. The summed E-state index contributed by atoms with van der Waals surface area (Å²) in [5.74, 6) is -1.47. The Bertz CT molecular complexity index is 2960. The third-order valence-electron chi connectivity index (χ3n) is 7.57. The minimum Gasteiger partial charge on any atom is -0.744 e. The molecule has 6 aromatic rings. The quantitative estimate of drug-likeness (QED) is 0.0508. The summed E-state index contributed by atoms with van der Waals surface area (Å²) in [7, 11) is -15.4. The summed E-state index contributed by atoms with van der Waals surface area (Å²) in [6.07, 6.45) is 0. The molecule has 0 radical (unpaired) electrons. The van der Waals surface area contributed by atoms with Gasteiger partial charge in [0, 0.05) is 22.1 Å². The van der Waals surface area contributed by atoms with Crippen LogP contribution in [-0.4, -0.2) is 49.1 Å². The van der Waals surface area contributed by atoms with E-state index >= 15 is 0 Å². The smallest absolute Gasteiger partial charge is 0.744 e. The number of anilines is 2. The van der Waals surface area contributed by atoms with Gasteiger partial charge in [0.25, 0.3) is 0 Å². The number of phenols is 2. The largest absolute Gasteiger partial charge is 1.00 e. The van der Waals surface area contributed by atoms with Gasteiger partial charge in [0.1, 0.15) is 41.7 Å². The van der Waals surface area contributed by atoms with E-state index in [0.29, 0.717) is 11.4 Å². The van der Waals surface area contributed by atoms with Crippen LogP contribution in [0.25, 0.3) is 21.5 Å². The molecule has 0 saturated carbocycles. The monoisotopic (exact) mass is 858 g/mol. The van der Waals surface area contributed by atoms with Gasteiger partial charge in [-0.15, -0.1) is 10.2 Å². The Hall–Kier alpha value is -3.43. The maximum Gasteiger partial charge on any atom is 1.00 e. The number of hydrogen-bond donors (Lipinski definition) is 4. The van der Waals surface area contributed by atoms with Crippen molar-refractivity contribution in [2.45, 2.75) is 14.7 Å². The van der Waals surface area contributed by atoms with Gasteiger partial charge in [-0.05, 0) is 102 Å². The molecule has 0 aliphatic heterocycles. The van der Waals surface area contributed by atoms with Crippen molar-refractivity contribution in [2.75, 3.05) is 11.5 Å². The zero-order valence-corrected chi connectivity index (χ0v) is 38.2. The van der Waals surface area contributed by atoms with Crippen molar-refractivity contribution in [2.24, 2.45) is 30.7 Å². The van der Waals surface area contributed by atoms with Crippen molar-refractivity contribution in [3.63, 3.8) is 0 Å². The van der Waals surface area contributed by atoms with Crippen LogP contribution in [0.15, 0.2) is 136 Å². The molecule has 0 atom stereocenters. The zero-order chi connectivity index (χ0) is 39.2. The van der Waals surface area contributed by atoms with E-state index in [-0.39, 0.29) is 127 Å². The molecular weight excluding hydrogens is 838 g/mol. The first kappa shape index (κ1) is 47.9. The molecule has 0 spiro atoms. The first-order chi connectivity index (χ1) is 25.3. The third-order valence-corrected chi connectivity index (χ3v) is 10.1. The second kappa shape index (κ2) is 18.7. The molecule has 0 aliphatic rings. The number of fused-ring (bicyclic) bond motifs is 2. The predicted molar refractivity (Wildman–Crippen MR) is 189 cm³/mol. The fourth-order valence-corrected chi connectivity index (χ4v) is 6.92. The molecule has 0 amide bonds. The zero-order valence-electron chi connectivity index (χ0n) is 29.8. The molecule has 0 saturated heterocycles. The van der Waals surface area contributed by atoms with E-state index in [2.05, 4.69) is 30.7 Å². The Morgan fingerprint density at radius 3 is 1.30 bits per heavy atom. The van der Waals surface area contributed by atoms with Gasteiger partial charge in [0.05, 0.1) is 37.4 Å². The number of aromatic hydroxyl groups is 2. The van der Waals surface area contributed by atoms with E-state index in [1.54, 1.807) is 0 Å². The van der Waals surface area contributed by atoms with Gasteiger partial charge in [-0.3, -0.25) is 0 Å². The van der Waals surface area contributed by atoms with Crippen LogP contribution >= 0.6 is 0 Å². The van der Waals surface area contributed by atoms with Gasteiger partial charge in [-0.2, -0.15) is 20.5 Å². The number of hydrogen-bond acceptors (Lipinski definition) is 19. The van der Waals surface area contributed by atoms with Crippen LogP contribution in [0.5, 0.6) is 11.5 Å². The van der Waals surface area contributed by atoms with E-state index in [9.17, 15) is 49.1 Å². The number of nitrogens with two attached hydrogens (primary N) is 2. The van der Waals surface area contributed by atoms with E-state index < -0.39 is 73.6 Å². The summed E-state index contributed by atoms with van der Waals surface area (Å²) in [5, 5.41) is 44.9. The van der Waals surface area contributed by atoms with Gasteiger partial charge in [-0.25, -0.2) is 25.3 Å². The number of azo groups is 3. The van der Waals surface area contributed by atoms with Crippen LogP contribution in [0.2, 0.25) is 0 Å². The third kappa shape index (κ3) is 11.0. The normalized spacial score (nSPS) is 12.2. The second-order valence-electron chi connectivity index (χ2n) is 11.2. The molecule has 0 unspecified atom stereocenters. The predicted octanol–water partition coefficient (Wildman–Crippen LogP) is -2.46. The minimum absolute atomic E-state index is 0. The van der Waals surface area contributed by atoms with Crippen LogP contribution < -0.4 is 100 Å². The standard InChI is InChI=1S/C32H24N8O11S3.3Na/c33-18-1-10-24-16(11-18)13-26(53(46,47)48)29(31(24)41)39-37-21-6-2-19(3-7-21)35-36-20-4-8-22(9-5-20)38-40-30-27(54(49,50)51)14-17-12-23(52(43,44)45)15-25(34)28(17)32(30)42;;;/h1-15,41-42H,33-34H2,(H,43,44,45)(H,46,47,48)(H,49,50,51);;;/q;3*+1/p-3. The van der Waals surface area contributed by atoms with Gasteiger partial charge in [0.15, 0.2) is 11.5 Å². The molecule has 57 heavy (non-hydrogen) atoms. The van der Waals surface area contributed by atoms with Crippen molar-refractivity contribution in [3.05, 3.63) is 91.0 Å². The number of benzene rings is 6. The first-order valence-corrected chi connectivity index (χ1v) is 19.0. The Morgan fingerprint density at radius 1 is 0.474 bits per heavy atom.